The molecule has 0 aromatic carbocycles. The van der Waals surface area contributed by atoms with Gasteiger partial charge in [-0.2, -0.15) is 0 Å². The van der Waals surface area contributed by atoms with Gasteiger partial charge < -0.3 is 18.9 Å². The molecule has 92 valence electrons. The molecule has 0 saturated heterocycles. The highest BCUT2D eigenvalue weighted by Crippen LogP contribution is 2.14. The van der Waals surface area contributed by atoms with Gasteiger partial charge in [0, 0.05) is 12.5 Å². The molecule has 0 radical (unpaired) electrons. The summed E-state index contributed by atoms with van der Waals surface area (Å²) in [6.45, 7) is 3.60. The SMILES string of the molecule is COCCOCCOCCOc1ccsc1. The van der Waals surface area contributed by atoms with Crippen LogP contribution in [0.5, 0.6) is 5.75 Å². The third-order valence-corrected chi connectivity index (χ3v) is 2.46. The van der Waals surface area contributed by atoms with Crippen molar-refractivity contribution in [2.75, 3.05) is 46.8 Å². The number of methoxy groups -OCH3 is 1. The van der Waals surface area contributed by atoms with Crippen LogP contribution >= 0.6 is 11.3 Å². The lowest BCUT2D eigenvalue weighted by Gasteiger charge is -2.06. The van der Waals surface area contributed by atoms with Crippen molar-refractivity contribution in [3.8, 4) is 5.75 Å². The Morgan fingerprint density at radius 3 is 2.31 bits per heavy atom. The van der Waals surface area contributed by atoms with Crippen molar-refractivity contribution in [3.05, 3.63) is 16.8 Å². The maximum atomic E-state index is 5.42. The van der Waals surface area contributed by atoms with Crippen LogP contribution in [0.4, 0.5) is 0 Å². The van der Waals surface area contributed by atoms with E-state index in [2.05, 4.69) is 0 Å². The van der Waals surface area contributed by atoms with Gasteiger partial charge in [0.15, 0.2) is 0 Å². The van der Waals surface area contributed by atoms with Gasteiger partial charge in [0.25, 0.3) is 0 Å². The molecule has 16 heavy (non-hydrogen) atoms. The Kier molecular flexibility index (Phi) is 8.06. The second-order valence-electron chi connectivity index (χ2n) is 3.03. The molecule has 4 nitrogen and oxygen atoms in total. The molecular formula is C11H18O4S. The number of rotatable bonds is 10. The Morgan fingerprint density at radius 2 is 1.69 bits per heavy atom. The summed E-state index contributed by atoms with van der Waals surface area (Å²) in [6, 6.07) is 1.94. The van der Waals surface area contributed by atoms with Crippen LogP contribution in [-0.4, -0.2) is 46.8 Å². The predicted molar refractivity (Wildman–Crippen MR) is 63.3 cm³/mol. The van der Waals surface area contributed by atoms with E-state index >= 15 is 0 Å². The van der Waals surface area contributed by atoms with E-state index in [-0.39, 0.29) is 0 Å². The molecule has 0 saturated carbocycles. The number of hydrogen-bond acceptors (Lipinski definition) is 5. The van der Waals surface area contributed by atoms with Crippen molar-refractivity contribution in [1.29, 1.82) is 0 Å². The van der Waals surface area contributed by atoms with E-state index in [4.69, 9.17) is 18.9 Å². The fourth-order valence-corrected chi connectivity index (χ4v) is 1.59. The molecule has 1 rings (SSSR count). The van der Waals surface area contributed by atoms with Gasteiger partial charge >= 0.3 is 0 Å². The maximum absolute atomic E-state index is 5.42. The Morgan fingerprint density at radius 1 is 1.00 bits per heavy atom. The third kappa shape index (κ3) is 6.79. The smallest absolute Gasteiger partial charge is 0.130 e. The molecule has 1 aromatic rings. The first-order valence-electron chi connectivity index (χ1n) is 5.23. The zero-order valence-electron chi connectivity index (χ0n) is 9.52. The highest BCUT2D eigenvalue weighted by atomic mass is 32.1. The zero-order valence-corrected chi connectivity index (χ0v) is 10.3. The van der Waals surface area contributed by atoms with E-state index in [0.717, 1.165) is 5.75 Å². The van der Waals surface area contributed by atoms with Gasteiger partial charge in [-0.25, -0.2) is 0 Å². The van der Waals surface area contributed by atoms with Crippen molar-refractivity contribution in [2.45, 2.75) is 0 Å². The van der Waals surface area contributed by atoms with Gasteiger partial charge in [0.05, 0.1) is 33.0 Å². The minimum absolute atomic E-state index is 0.578. The van der Waals surface area contributed by atoms with Gasteiger partial charge in [-0.15, -0.1) is 11.3 Å². The molecule has 0 amide bonds. The van der Waals surface area contributed by atoms with E-state index in [1.54, 1.807) is 18.4 Å². The molecule has 1 heterocycles. The molecular weight excluding hydrogens is 228 g/mol. The summed E-state index contributed by atoms with van der Waals surface area (Å²) in [4.78, 5) is 0. The topological polar surface area (TPSA) is 36.9 Å². The van der Waals surface area contributed by atoms with Crippen LogP contribution in [0.15, 0.2) is 16.8 Å². The van der Waals surface area contributed by atoms with Gasteiger partial charge in [-0.3, -0.25) is 0 Å². The summed E-state index contributed by atoms with van der Waals surface area (Å²) in [5, 5.41) is 3.95. The molecule has 0 N–H and O–H groups in total. The summed E-state index contributed by atoms with van der Waals surface area (Å²) < 4.78 is 20.8. The minimum Gasteiger partial charge on any atom is -0.490 e. The van der Waals surface area contributed by atoms with Gasteiger partial charge in [0.2, 0.25) is 0 Å². The van der Waals surface area contributed by atoms with Crippen molar-refractivity contribution in [1.82, 2.24) is 0 Å². The highest BCUT2D eigenvalue weighted by Gasteiger charge is 1.93. The first-order chi connectivity index (χ1) is 7.93. The second kappa shape index (κ2) is 9.59. The zero-order chi connectivity index (χ0) is 11.5. The minimum atomic E-state index is 0.578. The van der Waals surface area contributed by atoms with E-state index < -0.39 is 0 Å². The molecule has 0 unspecified atom stereocenters. The summed E-state index contributed by atoms with van der Waals surface area (Å²) >= 11 is 1.62. The van der Waals surface area contributed by atoms with Crippen LogP contribution in [0.2, 0.25) is 0 Å². The van der Waals surface area contributed by atoms with Gasteiger partial charge in [0.1, 0.15) is 12.4 Å². The lowest BCUT2D eigenvalue weighted by Crippen LogP contribution is -2.12. The van der Waals surface area contributed by atoms with Crippen molar-refractivity contribution in [3.63, 3.8) is 0 Å². The Hall–Kier alpha value is -0.620. The molecule has 0 fully saturated rings. The van der Waals surface area contributed by atoms with Gasteiger partial charge in [-0.1, -0.05) is 0 Å². The normalized spacial score (nSPS) is 10.6. The molecule has 5 heteroatoms. The fraction of sp³-hybridized carbons (Fsp3) is 0.636. The molecule has 0 spiro atoms. The summed E-state index contributed by atoms with van der Waals surface area (Å²) in [5.41, 5.74) is 0. The first kappa shape index (κ1) is 13.4. The third-order valence-electron chi connectivity index (χ3n) is 1.80. The van der Waals surface area contributed by atoms with Gasteiger partial charge in [-0.05, 0) is 11.4 Å². The van der Waals surface area contributed by atoms with Crippen LogP contribution in [-0.2, 0) is 14.2 Å². The first-order valence-corrected chi connectivity index (χ1v) is 6.17. The van der Waals surface area contributed by atoms with Crippen LogP contribution in [0.1, 0.15) is 0 Å². The summed E-state index contributed by atoms with van der Waals surface area (Å²) in [6.07, 6.45) is 0. The average Bonchev–Trinajstić information content (AvgIpc) is 2.80. The predicted octanol–water partition coefficient (Wildman–Crippen LogP) is 1.81. The molecule has 0 atom stereocenters. The lowest BCUT2D eigenvalue weighted by atomic mass is 10.6. The van der Waals surface area contributed by atoms with Crippen LogP contribution in [0.3, 0.4) is 0 Å². The van der Waals surface area contributed by atoms with E-state index in [0.29, 0.717) is 39.6 Å². The molecule has 0 bridgehead atoms. The molecule has 0 aliphatic carbocycles. The number of hydrogen-bond donors (Lipinski definition) is 0. The summed E-state index contributed by atoms with van der Waals surface area (Å²) in [7, 11) is 1.65. The monoisotopic (exact) mass is 246 g/mol. The average molecular weight is 246 g/mol. The Labute approximate surface area is 100 Å². The Bertz CT molecular complexity index is 238. The quantitative estimate of drug-likeness (QED) is 0.590. The van der Waals surface area contributed by atoms with Crippen LogP contribution in [0, 0.1) is 0 Å². The van der Waals surface area contributed by atoms with Crippen molar-refractivity contribution >= 4 is 11.3 Å². The van der Waals surface area contributed by atoms with Crippen LogP contribution in [0.25, 0.3) is 0 Å². The van der Waals surface area contributed by atoms with Crippen molar-refractivity contribution in [2.24, 2.45) is 0 Å². The fourth-order valence-electron chi connectivity index (χ4n) is 1.02. The van der Waals surface area contributed by atoms with Crippen molar-refractivity contribution < 1.29 is 18.9 Å². The molecule has 0 aliphatic heterocycles. The lowest BCUT2D eigenvalue weighted by molar-refractivity contribution is 0.0180. The molecule has 0 aliphatic rings. The van der Waals surface area contributed by atoms with E-state index in [1.807, 2.05) is 16.8 Å². The summed E-state index contributed by atoms with van der Waals surface area (Å²) in [5.74, 6) is 0.907. The second-order valence-corrected chi connectivity index (χ2v) is 3.81. The Balaban J connectivity index is 1.78. The number of ether oxygens (including phenoxy) is 4. The highest BCUT2D eigenvalue weighted by molar-refractivity contribution is 7.08. The molecule has 1 aromatic heterocycles. The largest absolute Gasteiger partial charge is 0.490 e. The standard InChI is InChI=1S/C11H18O4S/c1-12-3-4-13-5-6-14-7-8-15-11-2-9-16-10-11/h2,9-10H,3-8H2,1H3. The number of thiophene rings is 1. The van der Waals surface area contributed by atoms with E-state index in [1.165, 1.54) is 0 Å². The van der Waals surface area contributed by atoms with Crippen LogP contribution < -0.4 is 4.74 Å². The van der Waals surface area contributed by atoms with E-state index in [9.17, 15) is 0 Å². The maximum Gasteiger partial charge on any atom is 0.130 e.